The first-order valence-electron chi connectivity index (χ1n) is 9.48. The molecular formula is C23H25N3O. The van der Waals surface area contributed by atoms with Gasteiger partial charge in [-0.25, -0.2) is 4.98 Å². The highest BCUT2D eigenvalue weighted by Gasteiger charge is 2.29. The molecular weight excluding hydrogens is 334 g/mol. The van der Waals surface area contributed by atoms with Crippen molar-refractivity contribution < 1.29 is 4.79 Å². The summed E-state index contributed by atoms with van der Waals surface area (Å²) in [7, 11) is 1.91. The van der Waals surface area contributed by atoms with Crippen LogP contribution in [0.2, 0.25) is 0 Å². The molecule has 0 saturated carbocycles. The molecule has 0 N–H and O–H groups in total. The first kappa shape index (κ1) is 17.5. The number of imidazole rings is 1. The van der Waals surface area contributed by atoms with Crippen molar-refractivity contribution in [3.05, 3.63) is 66.0 Å². The van der Waals surface area contributed by atoms with Crippen molar-refractivity contribution >= 4 is 5.91 Å². The quantitative estimate of drug-likeness (QED) is 0.690. The molecule has 0 unspecified atom stereocenters. The molecule has 27 heavy (non-hydrogen) atoms. The monoisotopic (exact) mass is 359 g/mol. The van der Waals surface area contributed by atoms with Crippen LogP contribution in [0.1, 0.15) is 24.0 Å². The van der Waals surface area contributed by atoms with Gasteiger partial charge in [-0.1, -0.05) is 48.0 Å². The van der Waals surface area contributed by atoms with Gasteiger partial charge in [-0.05, 0) is 31.9 Å². The van der Waals surface area contributed by atoms with E-state index >= 15 is 0 Å². The second-order valence-electron chi connectivity index (χ2n) is 7.48. The van der Waals surface area contributed by atoms with E-state index < -0.39 is 0 Å². The number of aryl methyl sites for hydroxylation is 2. The summed E-state index contributed by atoms with van der Waals surface area (Å²) >= 11 is 0. The maximum absolute atomic E-state index is 12.0. The summed E-state index contributed by atoms with van der Waals surface area (Å²) in [5.41, 5.74) is 6.92. The largest absolute Gasteiger partial charge is 0.341 e. The number of rotatable bonds is 4. The third kappa shape index (κ3) is 3.27. The fourth-order valence-corrected chi connectivity index (χ4v) is 3.91. The summed E-state index contributed by atoms with van der Waals surface area (Å²) in [6, 6.07) is 17.1. The molecule has 1 fully saturated rings. The number of nitrogens with zero attached hydrogens (tertiary/aromatic N) is 3. The van der Waals surface area contributed by atoms with Gasteiger partial charge in [0.05, 0.1) is 17.7 Å². The average Bonchev–Trinajstić information content (AvgIpc) is 3.23. The smallest absolute Gasteiger partial charge is 0.222 e. The second kappa shape index (κ2) is 7.03. The van der Waals surface area contributed by atoms with Crippen LogP contribution in [0.15, 0.2) is 54.9 Å². The van der Waals surface area contributed by atoms with Crippen molar-refractivity contribution in [2.75, 3.05) is 7.05 Å². The SMILES string of the molecule is Cc1ccc(C)c(-c2c(-c3ccccc3)ncn2C[C@@H]2CCC(=O)N2C)c1. The molecule has 3 aromatic rings. The lowest BCUT2D eigenvalue weighted by molar-refractivity contribution is -0.127. The number of hydrogen-bond acceptors (Lipinski definition) is 2. The van der Waals surface area contributed by atoms with Crippen LogP contribution in [-0.4, -0.2) is 33.4 Å². The molecule has 138 valence electrons. The number of hydrogen-bond donors (Lipinski definition) is 0. The first-order valence-corrected chi connectivity index (χ1v) is 9.48. The van der Waals surface area contributed by atoms with E-state index in [2.05, 4.69) is 48.7 Å². The van der Waals surface area contributed by atoms with Crippen LogP contribution in [0.3, 0.4) is 0 Å². The van der Waals surface area contributed by atoms with Gasteiger partial charge < -0.3 is 9.47 Å². The number of carbonyl (C=O) groups excluding carboxylic acids is 1. The van der Waals surface area contributed by atoms with Gasteiger partial charge >= 0.3 is 0 Å². The van der Waals surface area contributed by atoms with E-state index in [1.165, 1.54) is 16.7 Å². The van der Waals surface area contributed by atoms with Crippen LogP contribution in [0, 0.1) is 13.8 Å². The Morgan fingerprint density at radius 1 is 1.11 bits per heavy atom. The Balaban J connectivity index is 1.84. The van der Waals surface area contributed by atoms with E-state index in [4.69, 9.17) is 4.98 Å². The molecule has 0 spiro atoms. The van der Waals surface area contributed by atoms with Crippen molar-refractivity contribution in [2.24, 2.45) is 0 Å². The molecule has 1 amide bonds. The van der Waals surface area contributed by atoms with Crippen molar-refractivity contribution in [3.8, 4) is 22.5 Å². The molecule has 4 nitrogen and oxygen atoms in total. The summed E-state index contributed by atoms with van der Waals surface area (Å²) in [4.78, 5) is 18.6. The molecule has 0 bridgehead atoms. The zero-order valence-corrected chi connectivity index (χ0v) is 16.1. The van der Waals surface area contributed by atoms with Gasteiger partial charge in [0.15, 0.2) is 0 Å². The lowest BCUT2D eigenvalue weighted by atomic mass is 9.98. The number of likely N-dealkylation sites (N-methyl/N-ethyl adjacent to an activating group) is 1. The molecule has 2 aromatic carbocycles. The van der Waals surface area contributed by atoms with Gasteiger partial charge in [-0.2, -0.15) is 0 Å². The predicted octanol–water partition coefficient (Wildman–Crippen LogP) is 4.45. The number of amides is 1. The van der Waals surface area contributed by atoms with E-state index in [0.717, 1.165) is 29.9 Å². The van der Waals surface area contributed by atoms with Crippen LogP contribution in [-0.2, 0) is 11.3 Å². The van der Waals surface area contributed by atoms with Crippen molar-refractivity contribution in [3.63, 3.8) is 0 Å². The van der Waals surface area contributed by atoms with E-state index in [1.54, 1.807) is 0 Å². The summed E-state index contributed by atoms with van der Waals surface area (Å²) in [5.74, 6) is 0.233. The summed E-state index contributed by atoms with van der Waals surface area (Å²) in [5, 5.41) is 0. The molecule has 0 radical (unpaired) electrons. The molecule has 0 aliphatic carbocycles. The second-order valence-corrected chi connectivity index (χ2v) is 7.48. The third-order valence-electron chi connectivity index (χ3n) is 5.57. The van der Waals surface area contributed by atoms with Crippen molar-refractivity contribution in [2.45, 2.75) is 39.3 Å². The molecule has 1 saturated heterocycles. The highest BCUT2D eigenvalue weighted by Crippen LogP contribution is 2.34. The fraction of sp³-hybridized carbons (Fsp3) is 0.304. The highest BCUT2D eigenvalue weighted by molar-refractivity contribution is 5.81. The molecule has 1 aliphatic heterocycles. The number of aromatic nitrogens is 2. The van der Waals surface area contributed by atoms with Crippen LogP contribution in [0.25, 0.3) is 22.5 Å². The Hall–Kier alpha value is -2.88. The Bertz CT molecular complexity index is 975. The Morgan fingerprint density at radius 2 is 1.89 bits per heavy atom. The average molecular weight is 359 g/mol. The van der Waals surface area contributed by atoms with Crippen molar-refractivity contribution in [1.82, 2.24) is 14.5 Å². The van der Waals surface area contributed by atoms with Crippen LogP contribution in [0.4, 0.5) is 0 Å². The zero-order valence-electron chi connectivity index (χ0n) is 16.1. The van der Waals surface area contributed by atoms with Crippen molar-refractivity contribution in [1.29, 1.82) is 0 Å². The summed E-state index contributed by atoms with van der Waals surface area (Å²) in [6.45, 7) is 5.03. The van der Waals surface area contributed by atoms with Gasteiger partial charge in [0.2, 0.25) is 5.91 Å². The lowest BCUT2D eigenvalue weighted by Crippen LogP contribution is -2.32. The number of likely N-dealkylation sites (tertiary alicyclic amines) is 1. The predicted molar refractivity (Wildman–Crippen MR) is 108 cm³/mol. The third-order valence-corrected chi connectivity index (χ3v) is 5.57. The van der Waals surface area contributed by atoms with Crippen LogP contribution in [0.5, 0.6) is 0 Å². The molecule has 2 heterocycles. The van der Waals surface area contributed by atoms with Gasteiger partial charge in [0, 0.05) is 37.2 Å². The standard InChI is InChI=1S/C23H25N3O/c1-16-9-10-17(2)20(13-16)23-22(18-7-5-4-6-8-18)24-15-26(23)14-19-11-12-21(27)25(19)3/h4-10,13,15,19H,11-12,14H2,1-3H3/t19-/m0/s1. The maximum atomic E-state index is 12.0. The first-order chi connectivity index (χ1) is 13.0. The Morgan fingerprint density at radius 3 is 2.59 bits per heavy atom. The minimum Gasteiger partial charge on any atom is -0.341 e. The molecule has 4 heteroatoms. The minimum absolute atomic E-state index is 0.221. The van der Waals surface area contributed by atoms with E-state index in [1.807, 2.05) is 36.5 Å². The summed E-state index contributed by atoms with van der Waals surface area (Å²) in [6.07, 6.45) is 3.47. The normalized spacial score (nSPS) is 16.9. The zero-order chi connectivity index (χ0) is 19.0. The lowest BCUT2D eigenvalue weighted by Gasteiger charge is -2.22. The molecule has 1 atom stereocenters. The minimum atomic E-state index is 0.221. The van der Waals surface area contributed by atoms with Gasteiger partial charge in [0.1, 0.15) is 0 Å². The van der Waals surface area contributed by atoms with Gasteiger partial charge in [-0.3, -0.25) is 4.79 Å². The topological polar surface area (TPSA) is 38.1 Å². The fourth-order valence-electron chi connectivity index (χ4n) is 3.91. The van der Waals surface area contributed by atoms with E-state index in [0.29, 0.717) is 6.42 Å². The van der Waals surface area contributed by atoms with Crippen LogP contribution < -0.4 is 0 Å². The van der Waals surface area contributed by atoms with Gasteiger partial charge in [-0.15, -0.1) is 0 Å². The number of carbonyl (C=O) groups is 1. The van der Waals surface area contributed by atoms with Crippen LogP contribution >= 0.6 is 0 Å². The van der Waals surface area contributed by atoms with E-state index in [-0.39, 0.29) is 11.9 Å². The number of benzene rings is 2. The highest BCUT2D eigenvalue weighted by atomic mass is 16.2. The molecule has 4 rings (SSSR count). The maximum Gasteiger partial charge on any atom is 0.222 e. The molecule has 1 aromatic heterocycles. The van der Waals surface area contributed by atoms with Gasteiger partial charge in [0.25, 0.3) is 0 Å². The molecule has 1 aliphatic rings. The van der Waals surface area contributed by atoms with E-state index in [9.17, 15) is 4.79 Å². The Kier molecular flexibility index (Phi) is 4.56. The Labute approximate surface area is 160 Å². The summed E-state index contributed by atoms with van der Waals surface area (Å²) < 4.78 is 2.23.